The Bertz CT molecular complexity index is 507. The fourth-order valence-electron chi connectivity index (χ4n) is 4.06. The van der Waals surface area contributed by atoms with Crippen molar-refractivity contribution in [3.63, 3.8) is 0 Å². The zero-order chi connectivity index (χ0) is 17.5. The Morgan fingerprint density at radius 3 is 2.42 bits per heavy atom. The molecule has 0 aromatic carbocycles. The number of ether oxygens (including phenoxy) is 2. The Morgan fingerprint density at radius 1 is 1.17 bits per heavy atom. The van der Waals surface area contributed by atoms with Crippen molar-refractivity contribution < 1.29 is 14.3 Å². The van der Waals surface area contributed by atoms with Crippen molar-refractivity contribution in [2.45, 2.75) is 52.4 Å². The number of carbonyl (C=O) groups is 1. The second kappa shape index (κ2) is 9.10. The predicted molar refractivity (Wildman–Crippen MR) is 97.3 cm³/mol. The molecule has 2 aliphatic carbocycles. The summed E-state index contributed by atoms with van der Waals surface area (Å²) < 4.78 is 11.4. The maximum Gasteiger partial charge on any atom is 0.157 e. The molecule has 2 atom stereocenters. The Hall–Kier alpha value is -1.51. The van der Waals surface area contributed by atoms with E-state index in [9.17, 15) is 4.79 Å². The van der Waals surface area contributed by atoms with Gasteiger partial charge in [-0.25, -0.2) is 0 Å². The smallest absolute Gasteiger partial charge is 0.157 e. The van der Waals surface area contributed by atoms with Gasteiger partial charge in [0.1, 0.15) is 12.0 Å². The topological polar surface area (TPSA) is 35.5 Å². The number of methoxy groups -OCH3 is 2. The van der Waals surface area contributed by atoms with Gasteiger partial charge in [0.15, 0.2) is 5.76 Å². The third-order valence-corrected chi connectivity index (χ3v) is 5.62. The molecular weight excluding hydrogens is 300 g/mol. The zero-order valence-electron chi connectivity index (χ0n) is 15.6. The highest BCUT2D eigenvalue weighted by atomic mass is 16.5. The van der Waals surface area contributed by atoms with Crippen LogP contribution in [0.3, 0.4) is 0 Å². The van der Waals surface area contributed by atoms with Crippen LogP contribution in [0.2, 0.25) is 0 Å². The lowest BCUT2D eigenvalue weighted by Gasteiger charge is -2.30. The molecule has 0 aromatic rings. The average molecular weight is 332 g/mol. The molecule has 2 unspecified atom stereocenters. The minimum atomic E-state index is 0.254. The van der Waals surface area contributed by atoms with E-state index in [2.05, 4.69) is 32.1 Å². The van der Waals surface area contributed by atoms with E-state index < -0.39 is 0 Å². The van der Waals surface area contributed by atoms with Crippen LogP contribution in [-0.4, -0.2) is 20.5 Å². The number of aldehydes is 1. The predicted octanol–water partition coefficient (Wildman–Crippen LogP) is 5.04. The number of hydrogen-bond donors (Lipinski definition) is 0. The van der Waals surface area contributed by atoms with E-state index >= 15 is 0 Å². The highest BCUT2D eigenvalue weighted by Crippen LogP contribution is 2.38. The molecule has 2 rings (SSSR count). The zero-order valence-corrected chi connectivity index (χ0v) is 15.6. The summed E-state index contributed by atoms with van der Waals surface area (Å²) >= 11 is 0. The number of allylic oxidation sites excluding steroid dienone is 4. The molecule has 0 saturated heterocycles. The highest BCUT2D eigenvalue weighted by Gasteiger charge is 2.27. The summed E-state index contributed by atoms with van der Waals surface area (Å²) in [6.07, 6.45) is 14.2. The second-order valence-electron chi connectivity index (χ2n) is 7.11. The second-order valence-corrected chi connectivity index (χ2v) is 7.11. The van der Waals surface area contributed by atoms with Crippen molar-refractivity contribution in [2.75, 3.05) is 14.2 Å². The molecule has 0 heterocycles. The van der Waals surface area contributed by atoms with E-state index in [0.29, 0.717) is 11.8 Å². The Balaban J connectivity index is 2.36. The van der Waals surface area contributed by atoms with Crippen LogP contribution in [0.1, 0.15) is 52.4 Å². The van der Waals surface area contributed by atoms with E-state index in [4.69, 9.17) is 9.47 Å². The Kier molecular flexibility index (Phi) is 7.14. The maximum absolute atomic E-state index is 11.0. The molecule has 0 bridgehead atoms. The van der Waals surface area contributed by atoms with Crippen LogP contribution in [0.25, 0.3) is 0 Å². The fourth-order valence-corrected chi connectivity index (χ4v) is 4.06. The van der Waals surface area contributed by atoms with Gasteiger partial charge in [0.05, 0.1) is 14.2 Å². The van der Waals surface area contributed by atoms with Crippen LogP contribution in [0, 0.1) is 23.7 Å². The average Bonchev–Trinajstić information content (AvgIpc) is 2.69. The first-order valence-corrected chi connectivity index (χ1v) is 9.30. The van der Waals surface area contributed by atoms with E-state index in [0.717, 1.165) is 56.3 Å². The van der Waals surface area contributed by atoms with Crippen LogP contribution in [0.5, 0.6) is 0 Å². The van der Waals surface area contributed by atoms with Gasteiger partial charge in [-0.05, 0) is 56.4 Å². The maximum atomic E-state index is 11.0. The van der Waals surface area contributed by atoms with Crippen molar-refractivity contribution in [1.29, 1.82) is 0 Å². The SMILES string of the molecule is CCC1/C=C/CC(C)/C(C2CCC(C=O)CC2)=C\C(OC)=C1OC. The van der Waals surface area contributed by atoms with Gasteiger partial charge >= 0.3 is 0 Å². The molecule has 0 aromatic heterocycles. The summed E-state index contributed by atoms with van der Waals surface area (Å²) in [5, 5.41) is 0. The van der Waals surface area contributed by atoms with Gasteiger partial charge in [0, 0.05) is 11.8 Å². The lowest BCUT2D eigenvalue weighted by molar-refractivity contribution is -0.112. The van der Waals surface area contributed by atoms with Crippen LogP contribution < -0.4 is 0 Å². The third kappa shape index (κ3) is 4.31. The van der Waals surface area contributed by atoms with Gasteiger partial charge < -0.3 is 14.3 Å². The van der Waals surface area contributed by atoms with Crippen molar-refractivity contribution in [3.8, 4) is 0 Å². The van der Waals surface area contributed by atoms with Crippen molar-refractivity contribution in [2.24, 2.45) is 23.7 Å². The van der Waals surface area contributed by atoms with Gasteiger partial charge in [0.25, 0.3) is 0 Å². The number of hydrogen-bond acceptors (Lipinski definition) is 3. The first-order valence-electron chi connectivity index (χ1n) is 9.30. The molecule has 3 heteroatoms. The minimum Gasteiger partial charge on any atom is -0.497 e. The number of rotatable bonds is 5. The van der Waals surface area contributed by atoms with E-state index in [1.807, 2.05) is 0 Å². The van der Waals surface area contributed by atoms with E-state index in [1.165, 1.54) is 5.57 Å². The lowest BCUT2D eigenvalue weighted by atomic mass is 9.75. The molecule has 0 spiro atoms. The molecule has 1 saturated carbocycles. The van der Waals surface area contributed by atoms with E-state index in [-0.39, 0.29) is 11.8 Å². The fraction of sp³-hybridized carbons (Fsp3) is 0.667. The molecule has 0 N–H and O–H groups in total. The van der Waals surface area contributed by atoms with Crippen molar-refractivity contribution >= 4 is 6.29 Å². The van der Waals surface area contributed by atoms with Gasteiger partial charge in [-0.3, -0.25) is 0 Å². The normalized spacial score (nSPS) is 35.1. The summed E-state index contributed by atoms with van der Waals surface area (Å²) in [5.74, 6) is 3.33. The van der Waals surface area contributed by atoms with Crippen LogP contribution in [0.4, 0.5) is 0 Å². The highest BCUT2D eigenvalue weighted by molar-refractivity contribution is 5.53. The molecular formula is C21H32O3. The molecule has 2 aliphatic rings. The minimum absolute atomic E-state index is 0.254. The molecule has 1 fully saturated rings. The Morgan fingerprint density at radius 2 is 1.88 bits per heavy atom. The summed E-state index contributed by atoms with van der Waals surface area (Å²) in [5.41, 5.74) is 1.45. The van der Waals surface area contributed by atoms with Crippen molar-refractivity contribution in [3.05, 3.63) is 35.3 Å². The monoisotopic (exact) mass is 332 g/mol. The standard InChI is InChI=1S/C21H32O3/c1-5-17-8-6-7-15(2)19(13-20(23-3)21(17)24-4)18-11-9-16(14-22)10-12-18/h6,8,13-18H,5,7,9-12H2,1-4H3/b8-6+,19-13+,21-20?. The summed E-state index contributed by atoms with van der Waals surface area (Å²) in [7, 11) is 3.46. The van der Waals surface area contributed by atoms with Gasteiger partial charge in [-0.15, -0.1) is 0 Å². The van der Waals surface area contributed by atoms with Crippen LogP contribution in [0.15, 0.2) is 35.3 Å². The van der Waals surface area contributed by atoms with Crippen LogP contribution in [-0.2, 0) is 14.3 Å². The molecule has 3 nitrogen and oxygen atoms in total. The van der Waals surface area contributed by atoms with Crippen molar-refractivity contribution in [1.82, 2.24) is 0 Å². The Labute approximate surface area is 146 Å². The largest absolute Gasteiger partial charge is 0.497 e. The quantitative estimate of drug-likeness (QED) is 0.522. The van der Waals surface area contributed by atoms with Gasteiger partial charge in [0.2, 0.25) is 0 Å². The van der Waals surface area contributed by atoms with Gasteiger partial charge in [-0.1, -0.05) is 31.6 Å². The lowest BCUT2D eigenvalue weighted by Crippen LogP contribution is -2.20. The molecule has 24 heavy (non-hydrogen) atoms. The van der Waals surface area contributed by atoms with Gasteiger partial charge in [-0.2, -0.15) is 0 Å². The first-order chi connectivity index (χ1) is 11.6. The number of carbonyl (C=O) groups excluding carboxylic acids is 1. The summed E-state index contributed by atoms with van der Waals surface area (Å²) in [6, 6.07) is 0. The molecule has 0 amide bonds. The summed E-state index contributed by atoms with van der Waals surface area (Å²) in [4.78, 5) is 11.0. The van der Waals surface area contributed by atoms with E-state index in [1.54, 1.807) is 14.2 Å². The summed E-state index contributed by atoms with van der Waals surface area (Å²) in [6.45, 7) is 4.47. The van der Waals surface area contributed by atoms with Crippen LogP contribution >= 0.6 is 0 Å². The third-order valence-electron chi connectivity index (χ3n) is 5.62. The first kappa shape index (κ1) is 18.8. The molecule has 0 radical (unpaired) electrons. The molecule has 134 valence electrons. The molecule has 0 aliphatic heterocycles.